The van der Waals surface area contributed by atoms with Gasteiger partial charge in [-0.2, -0.15) is 5.10 Å². The monoisotopic (exact) mass is 396 g/mol. The van der Waals surface area contributed by atoms with Crippen molar-refractivity contribution in [2.24, 2.45) is 5.10 Å². The molecule has 0 aliphatic heterocycles. The van der Waals surface area contributed by atoms with Gasteiger partial charge in [-0.05, 0) is 36.8 Å². The van der Waals surface area contributed by atoms with Crippen LogP contribution in [0, 0.1) is 0 Å². The molecule has 2 aromatic rings. The number of phenolic OH excluding ortho intramolecular Hbond substituents is 1. The Bertz CT molecular complexity index is 853. The third-order valence-corrected chi connectivity index (χ3v) is 4.12. The van der Waals surface area contributed by atoms with Gasteiger partial charge in [-0.1, -0.05) is 30.1 Å². The van der Waals surface area contributed by atoms with Gasteiger partial charge in [0.25, 0.3) is 5.91 Å². The Labute approximate surface area is 161 Å². The summed E-state index contributed by atoms with van der Waals surface area (Å²) in [7, 11) is 3.00. The fourth-order valence-corrected chi connectivity index (χ4v) is 2.77. The lowest BCUT2D eigenvalue weighted by molar-refractivity contribution is 0.0954. The van der Waals surface area contributed by atoms with Crippen molar-refractivity contribution in [3.8, 4) is 17.2 Å². The highest BCUT2D eigenvalue weighted by molar-refractivity contribution is 6.36. The van der Waals surface area contributed by atoms with E-state index in [9.17, 15) is 9.90 Å². The van der Waals surface area contributed by atoms with Crippen LogP contribution in [0.1, 0.15) is 29.3 Å². The van der Waals surface area contributed by atoms with E-state index in [0.717, 1.165) is 0 Å². The summed E-state index contributed by atoms with van der Waals surface area (Å²) in [6.07, 6.45) is 0.441. The van der Waals surface area contributed by atoms with Crippen molar-refractivity contribution in [2.75, 3.05) is 14.2 Å². The van der Waals surface area contributed by atoms with Gasteiger partial charge in [0.15, 0.2) is 11.5 Å². The first-order valence-electron chi connectivity index (χ1n) is 7.68. The van der Waals surface area contributed by atoms with Gasteiger partial charge < -0.3 is 14.6 Å². The van der Waals surface area contributed by atoms with Crippen molar-refractivity contribution >= 4 is 34.8 Å². The maximum absolute atomic E-state index is 12.4. The molecule has 0 atom stereocenters. The van der Waals surface area contributed by atoms with Crippen LogP contribution in [0.15, 0.2) is 35.4 Å². The lowest BCUT2D eigenvalue weighted by Crippen LogP contribution is -2.20. The summed E-state index contributed by atoms with van der Waals surface area (Å²) in [6, 6.07) is 7.72. The van der Waals surface area contributed by atoms with Crippen molar-refractivity contribution in [1.29, 1.82) is 0 Å². The molecule has 6 nitrogen and oxygen atoms in total. The number of benzene rings is 2. The van der Waals surface area contributed by atoms with Crippen molar-refractivity contribution in [3.05, 3.63) is 51.5 Å². The number of nitrogens with zero attached hydrogens (tertiary/aromatic N) is 1. The van der Waals surface area contributed by atoms with Crippen LogP contribution in [0.3, 0.4) is 0 Å². The molecule has 0 saturated heterocycles. The van der Waals surface area contributed by atoms with Gasteiger partial charge in [-0.3, -0.25) is 4.79 Å². The van der Waals surface area contributed by atoms with E-state index in [0.29, 0.717) is 39.8 Å². The molecule has 0 bridgehead atoms. The van der Waals surface area contributed by atoms with E-state index in [1.54, 1.807) is 18.2 Å². The minimum atomic E-state index is -0.440. The smallest absolute Gasteiger partial charge is 0.271 e. The Kier molecular flexibility index (Phi) is 6.71. The summed E-state index contributed by atoms with van der Waals surface area (Å²) >= 11 is 11.9. The van der Waals surface area contributed by atoms with Crippen LogP contribution in [-0.4, -0.2) is 30.9 Å². The SMILES string of the molecule is CC/C(=N\NC(=O)c1ccc(OC)c(OC)c1)c1cc(Cl)cc(Cl)c1O. The van der Waals surface area contributed by atoms with Crippen LogP contribution in [0.25, 0.3) is 0 Å². The Morgan fingerprint density at radius 2 is 1.85 bits per heavy atom. The van der Waals surface area contributed by atoms with Crippen molar-refractivity contribution in [2.45, 2.75) is 13.3 Å². The van der Waals surface area contributed by atoms with E-state index >= 15 is 0 Å². The number of halogens is 2. The van der Waals surface area contributed by atoms with Crippen LogP contribution >= 0.6 is 23.2 Å². The number of aromatic hydroxyl groups is 1. The Hall–Kier alpha value is -2.44. The summed E-state index contributed by atoms with van der Waals surface area (Å²) in [5.74, 6) is 0.362. The van der Waals surface area contributed by atoms with Gasteiger partial charge >= 0.3 is 0 Å². The van der Waals surface area contributed by atoms with E-state index in [1.165, 1.54) is 26.4 Å². The highest BCUT2D eigenvalue weighted by Crippen LogP contribution is 2.32. The number of ether oxygens (including phenoxy) is 2. The molecule has 0 radical (unpaired) electrons. The van der Waals surface area contributed by atoms with E-state index in [4.69, 9.17) is 32.7 Å². The fraction of sp³-hybridized carbons (Fsp3) is 0.222. The maximum atomic E-state index is 12.4. The number of phenols is 1. The van der Waals surface area contributed by atoms with E-state index in [-0.39, 0.29) is 10.8 Å². The predicted octanol–water partition coefficient (Wildman–Crippen LogP) is 4.26. The number of methoxy groups -OCH3 is 2. The van der Waals surface area contributed by atoms with Gasteiger partial charge in [0.1, 0.15) is 5.75 Å². The van der Waals surface area contributed by atoms with Crippen LogP contribution in [-0.2, 0) is 0 Å². The van der Waals surface area contributed by atoms with Gasteiger partial charge in [-0.15, -0.1) is 0 Å². The lowest BCUT2D eigenvalue weighted by Gasteiger charge is -2.10. The molecular formula is C18H18Cl2N2O4. The van der Waals surface area contributed by atoms with Crippen LogP contribution in [0.5, 0.6) is 17.2 Å². The number of carbonyl (C=O) groups excluding carboxylic acids is 1. The number of hydrogen-bond acceptors (Lipinski definition) is 5. The average Bonchev–Trinajstić information content (AvgIpc) is 2.64. The molecule has 0 unspecified atom stereocenters. The zero-order valence-corrected chi connectivity index (χ0v) is 16.0. The van der Waals surface area contributed by atoms with Crippen LogP contribution < -0.4 is 14.9 Å². The van der Waals surface area contributed by atoms with Crippen molar-refractivity contribution in [3.63, 3.8) is 0 Å². The minimum Gasteiger partial charge on any atom is -0.506 e. The molecular weight excluding hydrogens is 379 g/mol. The normalized spacial score (nSPS) is 11.2. The molecule has 26 heavy (non-hydrogen) atoms. The number of hydrazone groups is 1. The second-order valence-electron chi connectivity index (χ2n) is 5.21. The van der Waals surface area contributed by atoms with Crippen molar-refractivity contribution in [1.82, 2.24) is 5.43 Å². The number of amides is 1. The quantitative estimate of drug-likeness (QED) is 0.564. The molecule has 8 heteroatoms. The second-order valence-corrected chi connectivity index (χ2v) is 6.05. The largest absolute Gasteiger partial charge is 0.506 e. The highest BCUT2D eigenvalue weighted by Gasteiger charge is 2.14. The second kappa shape index (κ2) is 8.78. The Balaban J connectivity index is 2.28. The third kappa shape index (κ3) is 4.39. The first kappa shape index (κ1) is 19.9. The minimum absolute atomic E-state index is 0.111. The fourth-order valence-electron chi connectivity index (χ4n) is 2.28. The summed E-state index contributed by atoms with van der Waals surface area (Å²) in [4.78, 5) is 12.4. The summed E-state index contributed by atoms with van der Waals surface area (Å²) in [5.41, 5.74) is 3.59. The van der Waals surface area contributed by atoms with Gasteiger partial charge in [-0.25, -0.2) is 5.43 Å². The molecule has 138 valence electrons. The van der Waals surface area contributed by atoms with Gasteiger partial charge in [0, 0.05) is 16.1 Å². The molecule has 0 fully saturated rings. The molecule has 0 saturated carbocycles. The van der Waals surface area contributed by atoms with E-state index < -0.39 is 5.91 Å². The van der Waals surface area contributed by atoms with Crippen LogP contribution in [0.2, 0.25) is 10.0 Å². The molecule has 0 aliphatic carbocycles. The standard InChI is InChI=1S/C18H18Cl2N2O4/c1-4-14(12-8-11(19)9-13(20)17(12)23)21-22-18(24)10-5-6-15(25-2)16(7-10)26-3/h5-9,23H,4H2,1-3H3,(H,22,24)/b21-14+. The summed E-state index contributed by atoms with van der Waals surface area (Å²) < 4.78 is 10.3. The first-order valence-corrected chi connectivity index (χ1v) is 8.44. The molecule has 2 rings (SSSR count). The Morgan fingerprint density at radius 1 is 1.15 bits per heavy atom. The maximum Gasteiger partial charge on any atom is 0.271 e. The molecule has 0 heterocycles. The zero-order chi connectivity index (χ0) is 19.3. The number of carbonyl (C=O) groups is 1. The first-order chi connectivity index (χ1) is 12.4. The lowest BCUT2D eigenvalue weighted by atomic mass is 10.1. The molecule has 1 amide bonds. The third-order valence-electron chi connectivity index (χ3n) is 3.61. The average molecular weight is 397 g/mol. The number of rotatable bonds is 6. The van der Waals surface area contributed by atoms with E-state index in [2.05, 4.69) is 10.5 Å². The van der Waals surface area contributed by atoms with Crippen LogP contribution in [0.4, 0.5) is 0 Å². The predicted molar refractivity (Wildman–Crippen MR) is 102 cm³/mol. The van der Waals surface area contributed by atoms with E-state index in [1.807, 2.05) is 6.92 Å². The summed E-state index contributed by atoms with van der Waals surface area (Å²) in [6.45, 7) is 1.83. The summed E-state index contributed by atoms with van der Waals surface area (Å²) in [5, 5.41) is 14.7. The zero-order valence-electron chi connectivity index (χ0n) is 14.5. The number of nitrogens with one attached hydrogen (secondary N) is 1. The molecule has 2 aromatic carbocycles. The highest BCUT2D eigenvalue weighted by atomic mass is 35.5. The molecule has 2 N–H and O–H groups in total. The molecule has 0 aromatic heterocycles. The van der Waals surface area contributed by atoms with Crippen molar-refractivity contribution < 1.29 is 19.4 Å². The van der Waals surface area contributed by atoms with Gasteiger partial charge in [0.2, 0.25) is 0 Å². The topological polar surface area (TPSA) is 80.2 Å². The molecule has 0 spiro atoms. The van der Waals surface area contributed by atoms with Gasteiger partial charge in [0.05, 0.1) is 25.0 Å². The molecule has 0 aliphatic rings. The Morgan fingerprint density at radius 3 is 2.46 bits per heavy atom. The number of hydrogen-bond donors (Lipinski definition) is 2.